The normalized spacial score (nSPS) is 21.1. The minimum Gasteiger partial charge on any atom is -0.496 e. The van der Waals surface area contributed by atoms with Crippen molar-refractivity contribution in [2.45, 2.75) is 12.5 Å². The van der Waals surface area contributed by atoms with Gasteiger partial charge in [0.2, 0.25) is 0 Å². The fraction of sp³-hybridized carbons (Fsp3) is 0.462. The van der Waals surface area contributed by atoms with Crippen LogP contribution in [0.15, 0.2) is 24.3 Å². The second-order valence-corrected chi connectivity index (χ2v) is 6.90. The van der Waals surface area contributed by atoms with E-state index < -0.39 is 9.84 Å². The summed E-state index contributed by atoms with van der Waals surface area (Å²) in [4.78, 5) is 13.9. The maximum atomic E-state index is 12.4. The van der Waals surface area contributed by atoms with Gasteiger partial charge in [-0.1, -0.05) is 12.1 Å². The summed E-state index contributed by atoms with van der Waals surface area (Å²) in [6, 6.07) is 6.69. The van der Waals surface area contributed by atoms with Crippen LogP contribution in [0.5, 0.6) is 5.75 Å². The molecule has 1 fully saturated rings. The summed E-state index contributed by atoms with van der Waals surface area (Å²) < 4.78 is 28.1. The number of hydrogen-bond acceptors (Lipinski definition) is 4. The molecule has 1 atom stereocenters. The molecule has 104 valence electrons. The minimum absolute atomic E-state index is 0.0460. The van der Waals surface area contributed by atoms with Crippen LogP contribution in [0.3, 0.4) is 0 Å². The van der Waals surface area contributed by atoms with Gasteiger partial charge >= 0.3 is 0 Å². The van der Waals surface area contributed by atoms with Crippen molar-refractivity contribution >= 4 is 15.7 Å². The maximum Gasteiger partial charge on any atom is 0.257 e. The Hall–Kier alpha value is -1.56. The molecule has 6 heteroatoms. The zero-order chi connectivity index (χ0) is 14.0. The molecule has 1 amide bonds. The van der Waals surface area contributed by atoms with Crippen molar-refractivity contribution in [2.75, 3.05) is 25.7 Å². The van der Waals surface area contributed by atoms with Gasteiger partial charge in [-0.05, 0) is 18.6 Å². The first kappa shape index (κ1) is 13.9. The van der Waals surface area contributed by atoms with Gasteiger partial charge in [-0.2, -0.15) is 0 Å². The Kier molecular flexibility index (Phi) is 3.80. The van der Waals surface area contributed by atoms with Gasteiger partial charge in [-0.3, -0.25) is 4.79 Å². The number of carbonyl (C=O) groups is 1. The van der Waals surface area contributed by atoms with Crippen molar-refractivity contribution in [3.05, 3.63) is 29.8 Å². The van der Waals surface area contributed by atoms with Gasteiger partial charge in [0.15, 0.2) is 9.84 Å². The third kappa shape index (κ3) is 2.89. The van der Waals surface area contributed by atoms with Crippen LogP contribution in [0.4, 0.5) is 0 Å². The van der Waals surface area contributed by atoms with E-state index in [1.807, 2.05) is 0 Å². The van der Waals surface area contributed by atoms with Crippen molar-refractivity contribution in [1.29, 1.82) is 0 Å². The zero-order valence-corrected chi connectivity index (χ0v) is 11.8. The summed E-state index contributed by atoms with van der Waals surface area (Å²) in [6.07, 6.45) is 0.500. The molecule has 1 aromatic carbocycles. The molecule has 1 heterocycles. The highest BCUT2D eigenvalue weighted by atomic mass is 32.2. The van der Waals surface area contributed by atoms with E-state index in [0.29, 0.717) is 17.7 Å². The lowest BCUT2D eigenvalue weighted by Crippen LogP contribution is -2.37. The van der Waals surface area contributed by atoms with Gasteiger partial charge in [0.25, 0.3) is 5.91 Å². The van der Waals surface area contributed by atoms with E-state index in [9.17, 15) is 13.2 Å². The number of benzene rings is 1. The van der Waals surface area contributed by atoms with Crippen LogP contribution in [-0.2, 0) is 9.84 Å². The molecule has 0 N–H and O–H groups in total. The van der Waals surface area contributed by atoms with Crippen LogP contribution in [-0.4, -0.2) is 50.9 Å². The third-order valence-corrected chi connectivity index (χ3v) is 5.16. The van der Waals surface area contributed by atoms with Crippen LogP contribution in [0.1, 0.15) is 16.8 Å². The number of ether oxygens (including phenoxy) is 1. The van der Waals surface area contributed by atoms with Gasteiger partial charge in [0.05, 0.1) is 24.2 Å². The molecule has 5 nitrogen and oxygen atoms in total. The Labute approximate surface area is 113 Å². The number of para-hydroxylation sites is 1. The van der Waals surface area contributed by atoms with Crippen LogP contribution in [0.2, 0.25) is 0 Å². The summed E-state index contributed by atoms with van der Waals surface area (Å²) >= 11 is 0. The Bertz CT molecular complexity index is 582. The van der Waals surface area contributed by atoms with Crippen LogP contribution in [0, 0.1) is 0 Å². The molecule has 0 unspecified atom stereocenters. The van der Waals surface area contributed by atoms with Gasteiger partial charge < -0.3 is 9.64 Å². The van der Waals surface area contributed by atoms with E-state index in [2.05, 4.69) is 0 Å². The summed E-state index contributed by atoms with van der Waals surface area (Å²) in [5.74, 6) is 0.491. The quantitative estimate of drug-likeness (QED) is 0.828. The van der Waals surface area contributed by atoms with Gasteiger partial charge in [0.1, 0.15) is 5.75 Å². The Morgan fingerprint density at radius 3 is 2.63 bits per heavy atom. The van der Waals surface area contributed by atoms with Crippen molar-refractivity contribution in [1.82, 2.24) is 4.90 Å². The summed E-state index contributed by atoms with van der Waals surface area (Å²) in [5, 5.41) is 0. The first-order chi connectivity index (χ1) is 8.94. The zero-order valence-electron chi connectivity index (χ0n) is 11.0. The molecule has 0 aromatic heterocycles. The lowest BCUT2D eigenvalue weighted by atomic mass is 10.1. The average molecular weight is 283 g/mol. The van der Waals surface area contributed by atoms with Crippen LogP contribution in [0.25, 0.3) is 0 Å². The fourth-order valence-corrected chi connectivity index (χ4v) is 4.03. The van der Waals surface area contributed by atoms with Crippen LogP contribution >= 0.6 is 0 Å². The molecule has 1 aliphatic heterocycles. The first-order valence-corrected chi connectivity index (χ1v) is 7.87. The minimum atomic E-state index is -3.00. The summed E-state index contributed by atoms with van der Waals surface area (Å²) in [6.45, 7) is 0. The number of amides is 1. The molecule has 0 aliphatic carbocycles. The van der Waals surface area contributed by atoms with E-state index in [0.717, 1.165) is 0 Å². The predicted octanol–water partition coefficient (Wildman–Crippen LogP) is 0.954. The summed E-state index contributed by atoms with van der Waals surface area (Å²) in [7, 11) is 0.148. The highest BCUT2D eigenvalue weighted by Crippen LogP contribution is 2.23. The fourth-order valence-electron chi connectivity index (χ4n) is 2.26. The number of nitrogens with zero attached hydrogens (tertiary/aromatic N) is 1. The topological polar surface area (TPSA) is 63.7 Å². The molecule has 1 aliphatic rings. The second-order valence-electron chi connectivity index (χ2n) is 4.67. The highest BCUT2D eigenvalue weighted by molar-refractivity contribution is 7.91. The van der Waals surface area contributed by atoms with E-state index in [1.54, 1.807) is 31.3 Å². The smallest absolute Gasteiger partial charge is 0.257 e. The van der Waals surface area contributed by atoms with Crippen molar-refractivity contribution in [2.24, 2.45) is 0 Å². The summed E-state index contributed by atoms with van der Waals surface area (Å²) in [5.41, 5.74) is 0.455. The molecule has 0 saturated carbocycles. The second kappa shape index (κ2) is 5.21. The van der Waals surface area contributed by atoms with E-state index >= 15 is 0 Å². The molecule has 0 radical (unpaired) electrons. The van der Waals surface area contributed by atoms with Gasteiger partial charge in [-0.15, -0.1) is 0 Å². The largest absolute Gasteiger partial charge is 0.496 e. The Balaban J connectivity index is 2.20. The maximum absolute atomic E-state index is 12.4. The first-order valence-electron chi connectivity index (χ1n) is 6.05. The molecule has 19 heavy (non-hydrogen) atoms. The molecular weight excluding hydrogens is 266 g/mol. The average Bonchev–Trinajstić information content (AvgIpc) is 2.77. The van der Waals surface area contributed by atoms with E-state index in [-0.39, 0.29) is 23.5 Å². The van der Waals surface area contributed by atoms with Crippen molar-refractivity contribution < 1.29 is 17.9 Å². The van der Waals surface area contributed by atoms with Gasteiger partial charge in [-0.25, -0.2) is 8.42 Å². The van der Waals surface area contributed by atoms with Gasteiger partial charge in [0, 0.05) is 13.1 Å². The molecule has 0 bridgehead atoms. The van der Waals surface area contributed by atoms with Crippen molar-refractivity contribution in [3.63, 3.8) is 0 Å². The number of methoxy groups -OCH3 is 1. The molecule has 1 aromatic rings. The third-order valence-electron chi connectivity index (χ3n) is 3.41. The van der Waals surface area contributed by atoms with Crippen LogP contribution < -0.4 is 4.74 Å². The predicted molar refractivity (Wildman–Crippen MR) is 72.1 cm³/mol. The lowest BCUT2D eigenvalue weighted by Gasteiger charge is -2.24. The monoisotopic (exact) mass is 283 g/mol. The van der Waals surface area contributed by atoms with Crippen molar-refractivity contribution in [3.8, 4) is 5.75 Å². The number of hydrogen-bond donors (Lipinski definition) is 0. The molecular formula is C13H17NO4S. The Morgan fingerprint density at radius 2 is 2.05 bits per heavy atom. The van der Waals surface area contributed by atoms with E-state index in [1.165, 1.54) is 12.0 Å². The van der Waals surface area contributed by atoms with E-state index in [4.69, 9.17) is 4.74 Å². The number of carbonyl (C=O) groups excluding carboxylic acids is 1. The lowest BCUT2D eigenvalue weighted by molar-refractivity contribution is 0.0744. The standard InChI is InChI=1S/C13H17NO4S/c1-14(10-7-8-19(16,17)9-10)13(15)11-5-3-4-6-12(11)18-2/h3-6,10H,7-9H2,1-2H3/t10-/m1/s1. The molecule has 1 saturated heterocycles. The highest BCUT2D eigenvalue weighted by Gasteiger charge is 2.33. The number of sulfone groups is 1. The Morgan fingerprint density at radius 1 is 1.37 bits per heavy atom. The molecule has 2 rings (SSSR count). The number of rotatable bonds is 3. The molecule has 0 spiro atoms. The SMILES string of the molecule is COc1ccccc1C(=O)N(C)[C@@H]1CCS(=O)(=O)C1.